The zero-order valence-corrected chi connectivity index (χ0v) is 10.3. The first-order valence-corrected chi connectivity index (χ1v) is 5.74. The molecule has 1 aromatic rings. The van der Waals surface area contributed by atoms with Gasteiger partial charge in [-0.3, -0.25) is 0 Å². The number of benzene rings is 1. The number of hydrogen-bond acceptors (Lipinski definition) is 0. The van der Waals surface area contributed by atoms with Crippen molar-refractivity contribution < 1.29 is 0 Å². The molecule has 0 atom stereocenters. The van der Waals surface area contributed by atoms with Crippen molar-refractivity contribution in [1.29, 1.82) is 0 Å². The largest absolute Gasteiger partial charge is 0.0683 e. The fourth-order valence-electron chi connectivity index (χ4n) is 1.21. The van der Waals surface area contributed by atoms with E-state index in [0.29, 0.717) is 0 Å². The molecule has 0 saturated heterocycles. The molecule has 0 fully saturated rings. The highest BCUT2D eigenvalue weighted by Gasteiger charge is 1.95. The Labute approximate surface area is 89.4 Å². The molecule has 0 heteroatoms. The smallest absolute Gasteiger partial charge is 0.0276 e. The molecular formula is C14H24. The van der Waals surface area contributed by atoms with Crippen LogP contribution in [-0.4, -0.2) is 0 Å². The number of rotatable bonds is 3. The molecule has 0 bridgehead atoms. The lowest BCUT2D eigenvalue weighted by atomic mass is 10.0. The Kier molecular flexibility index (Phi) is 7.18. The molecule has 0 saturated carbocycles. The maximum Gasteiger partial charge on any atom is -0.0276 e. The fourth-order valence-corrected chi connectivity index (χ4v) is 1.21. The van der Waals surface area contributed by atoms with E-state index in [0.717, 1.165) is 5.92 Å². The zero-order chi connectivity index (χ0) is 11.0. The summed E-state index contributed by atoms with van der Waals surface area (Å²) in [6, 6.07) is 8.85. The van der Waals surface area contributed by atoms with Crippen LogP contribution in [0, 0.1) is 12.8 Å². The molecule has 0 aliphatic carbocycles. The Morgan fingerprint density at radius 3 is 1.93 bits per heavy atom. The van der Waals surface area contributed by atoms with Gasteiger partial charge >= 0.3 is 0 Å². The van der Waals surface area contributed by atoms with Gasteiger partial charge in [0, 0.05) is 0 Å². The minimum Gasteiger partial charge on any atom is -0.0683 e. The fraction of sp³-hybridized carbons (Fsp3) is 0.571. The zero-order valence-electron chi connectivity index (χ0n) is 10.3. The standard InChI is InChI=1S/C12H18.C2H6/c1-10(2)4-7-12-8-5-11(3)6-9-12;1-2/h5-6,8-10H,4,7H2,1-3H3;1-2H3. The van der Waals surface area contributed by atoms with Gasteiger partial charge in [-0.15, -0.1) is 0 Å². The molecule has 14 heavy (non-hydrogen) atoms. The third-order valence-corrected chi connectivity index (χ3v) is 2.13. The van der Waals surface area contributed by atoms with Gasteiger partial charge in [0.2, 0.25) is 0 Å². The Morgan fingerprint density at radius 1 is 1.00 bits per heavy atom. The minimum absolute atomic E-state index is 0.811. The molecule has 80 valence electrons. The highest BCUT2D eigenvalue weighted by molar-refractivity contribution is 5.21. The van der Waals surface area contributed by atoms with E-state index in [1.165, 1.54) is 24.0 Å². The van der Waals surface area contributed by atoms with Gasteiger partial charge in [-0.05, 0) is 31.2 Å². The summed E-state index contributed by atoms with van der Waals surface area (Å²) in [5.41, 5.74) is 2.82. The first-order valence-electron chi connectivity index (χ1n) is 5.74. The predicted molar refractivity (Wildman–Crippen MR) is 65.7 cm³/mol. The van der Waals surface area contributed by atoms with Crippen LogP contribution in [0.4, 0.5) is 0 Å². The molecule has 0 heterocycles. The van der Waals surface area contributed by atoms with Crippen LogP contribution >= 0.6 is 0 Å². The van der Waals surface area contributed by atoms with Crippen molar-refractivity contribution in [2.45, 2.75) is 47.5 Å². The van der Waals surface area contributed by atoms with Gasteiger partial charge in [0.1, 0.15) is 0 Å². The molecule has 0 aliphatic heterocycles. The molecule has 0 aliphatic rings. The maximum absolute atomic E-state index is 2.27. The summed E-state index contributed by atoms with van der Waals surface area (Å²) in [6.45, 7) is 10.7. The van der Waals surface area contributed by atoms with Crippen molar-refractivity contribution in [3.05, 3.63) is 35.4 Å². The molecule has 1 aromatic carbocycles. The van der Waals surface area contributed by atoms with Gasteiger partial charge in [0.05, 0.1) is 0 Å². The summed E-state index contributed by atoms with van der Waals surface area (Å²) >= 11 is 0. The molecule has 0 nitrogen and oxygen atoms in total. The van der Waals surface area contributed by atoms with E-state index in [-0.39, 0.29) is 0 Å². The monoisotopic (exact) mass is 192 g/mol. The van der Waals surface area contributed by atoms with Gasteiger partial charge in [0.25, 0.3) is 0 Å². The Bertz CT molecular complexity index is 218. The van der Waals surface area contributed by atoms with Gasteiger partial charge in [-0.25, -0.2) is 0 Å². The molecule has 0 radical (unpaired) electrons. The minimum atomic E-state index is 0.811. The quantitative estimate of drug-likeness (QED) is 0.656. The second kappa shape index (κ2) is 7.61. The lowest BCUT2D eigenvalue weighted by Crippen LogP contribution is -1.91. The summed E-state index contributed by atoms with van der Waals surface area (Å²) in [5, 5.41) is 0. The topological polar surface area (TPSA) is 0 Å². The van der Waals surface area contributed by atoms with Crippen molar-refractivity contribution >= 4 is 0 Å². The third-order valence-electron chi connectivity index (χ3n) is 2.13. The van der Waals surface area contributed by atoms with Crippen LogP contribution in [0.25, 0.3) is 0 Å². The predicted octanol–water partition coefficient (Wildman–Crippen LogP) is 4.61. The molecule has 0 amide bonds. The molecule has 0 unspecified atom stereocenters. The maximum atomic E-state index is 2.27. The van der Waals surface area contributed by atoms with Gasteiger partial charge in [-0.1, -0.05) is 57.5 Å². The van der Waals surface area contributed by atoms with E-state index >= 15 is 0 Å². The Hall–Kier alpha value is -0.780. The highest BCUT2D eigenvalue weighted by Crippen LogP contribution is 2.09. The Balaban J connectivity index is 0.000000791. The normalized spacial score (nSPS) is 9.57. The van der Waals surface area contributed by atoms with Crippen molar-refractivity contribution in [2.75, 3.05) is 0 Å². The molecule has 0 N–H and O–H groups in total. The van der Waals surface area contributed by atoms with Crippen molar-refractivity contribution in [2.24, 2.45) is 5.92 Å². The average molecular weight is 192 g/mol. The van der Waals surface area contributed by atoms with E-state index in [1.54, 1.807) is 0 Å². The SMILES string of the molecule is CC.Cc1ccc(CCC(C)C)cc1. The van der Waals surface area contributed by atoms with Crippen molar-refractivity contribution in [3.8, 4) is 0 Å². The molecule has 1 rings (SSSR count). The Morgan fingerprint density at radius 2 is 1.50 bits per heavy atom. The average Bonchev–Trinajstić information content (AvgIpc) is 2.20. The summed E-state index contributed by atoms with van der Waals surface area (Å²) in [5.74, 6) is 0.811. The molecule has 0 aromatic heterocycles. The van der Waals surface area contributed by atoms with Gasteiger partial charge in [0.15, 0.2) is 0 Å². The van der Waals surface area contributed by atoms with Crippen LogP contribution in [0.1, 0.15) is 45.2 Å². The first-order chi connectivity index (χ1) is 6.68. The molecule has 0 spiro atoms. The van der Waals surface area contributed by atoms with Crippen LogP contribution in [0.3, 0.4) is 0 Å². The van der Waals surface area contributed by atoms with Crippen LogP contribution in [0.15, 0.2) is 24.3 Å². The lowest BCUT2D eigenvalue weighted by Gasteiger charge is -2.04. The van der Waals surface area contributed by atoms with E-state index in [2.05, 4.69) is 45.0 Å². The van der Waals surface area contributed by atoms with Crippen LogP contribution in [-0.2, 0) is 6.42 Å². The van der Waals surface area contributed by atoms with Crippen molar-refractivity contribution in [3.63, 3.8) is 0 Å². The highest BCUT2D eigenvalue weighted by atomic mass is 14.0. The number of aryl methyl sites for hydroxylation is 2. The van der Waals surface area contributed by atoms with Crippen LogP contribution in [0.2, 0.25) is 0 Å². The van der Waals surface area contributed by atoms with E-state index in [4.69, 9.17) is 0 Å². The molecular weight excluding hydrogens is 168 g/mol. The summed E-state index contributed by atoms with van der Waals surface area (Å²) < 4.78 is 0. The summed E-state index contributed by atoms with van der Waals surface area (Å²) in [7, 11) is 0. The van der Waals surface area contributed by atoms with Crippen LogP contribution < -0.4 is 0 Å². The first kappa shape index (κ1) is 13.2. The third kappa shape index (κ3) is 5.80. The lowest BCUT2D eigenvalue weighted by molar-refractivity contribution is 0.586. The van der Waals surface area contributed by atoms with Crippen molar-refractivity contribution in [1.82, 2.24) is 0 Å². The van der Waals surface area contributed by atoms with Crippen LogP contribution in [0.5, 0.6) is 0 Å². The second-order valence-corrected chi connectivity index (χ2v) is 3.92. The van der Waals surface area contributed by atoms with E-state index < -0.39 is 0 Å². The number of hydrogen-bond donors (Lipinski definition) is 0. The second-order valence-electron chi connectivity index (χ2n) is 3.92. The van der Waals surface area contributed by atoms with E-state index in [9.17, 15) is 0 Å². The van der Waals surface area contributed by atoms with Gasteiger partial charge < -0.3 is 0 Å². The van der Waals surface area contributed by atoms with E-state index in [1.807, 2.05) is 13.8 Å². The summed E-state index contributed by atoms with van der Waals surface area (Å²) in [6.07, 6.45) is 2.51. The summed E-state index contributed by atoms with van der Waals surface area (Å²) in [4.78, 5) is 0. The van der Waals surface area contributed by atoms with Gasteiger partial charge in [-0.2, -0.15) is 0 Å².